The van der Waals surface area contributed by atoms with Crippen molar-refractivity contribution in [2.75, 3.05) is 6.54 Å². The molecule has 1 aromatic carbocycles. The maximum atomic E-state index is 13.4. The Morgan fingerprint density at radius 1 is 1.24 bits per heavy atom. The van der Waals surface area contributed by atoms with E-state index in [0.29, 0.717) is 6.54 Å². The smallest absolute Gasteiger partial charge is 0.254 e. The second kappa shape index (κ2) is 6.65. The quantitative estimate of drug-likeness (QED) is 0.847. The van der Waals surface area contributed by atoms with E-state index in [9.17, 15) is 14.0 Å². The summed E-state index contributed by atoms with van der Waals surface area (Å²) in [6.45, 7) is 0.0932. The zero-order valence-electron chi connectivity index (χ0n) is 11.5. The molecular formula is C14H15FN4O2. The number of hydrogen-bond acceptors (Lipinski definition) is 3. The molecule has 0 spiro atoms. The highest BCUT2D eigenvalue weighted by Crippen LogP contribution is 2.05. The third-order valence-electron chi connectivity index (χ3n) is 2.92. The molecule has 2 amide bonds. The molecule has 0 atom stereocenters. The first kappa shape index (κ1) is 14.7. The minimum Gasteiger partial charge on any atom is -0.349 e. The Hall–Kier alpha value is -2.70. The Bertz CT molecular complexity index is 654. The van der Waals surface area contributed by atoms with Gasteiger partial charge in [-0.15, -0.1) is 0 Å². The second-order valence-corrected chi connectivity index (χ2v) is 4.39. The van der Waals surface area contributed by atoms with Crippen molar-refractivity contribution in [1.29, 1.82) is 0 Å². The van der Waals surface area contributed by atoms with Crippen molar-refractivity contribution >= 4 is 11.8 Å². The van der Waals surface area contributed by atoms with Crippen LogP contribution in [0.4, 0.5) is 4.39 Å². The zero-order chi connectivity index (χ0) is 15.2. The number of benzene rings is 1. The second-order valence-electron chi connectivity index (χ2n) is 4.39. The van der Waals surface area contributed by atoms with E-state index in [4.69, 9.17) is 0 Å². The largest absolute Gasteiger partial charge is 0.349 e. The molecule has 2 N–H and O–H groups in total. The lowest BCUT2D eigenvalue weighted by molar-refractivity contribution is -0.120. The predicted molar refractivity (Wildman–Crippen MR) is 73.8 cm³/mol. The molecule has 0 aliphatic rings. The maximum absolute atomic E-state index is 13.4. The Morgan fingerprint density at radius 3 is 2.67 bits per heavy atom. The predicted octanol–water partition coefficient (Wildman–Crippen LogP) is 0.605. The summed E-state index contributed by atoms with van der Waals surface area (Å²) < 4.78 is 15.0. The fourth-order valence-electron chi connectivity index (χ4n) is 1.73. The summed E-state index contributed by atoms with van der Waals surface area (Å²) in [5.41, 5.74) is 0.751. The number of aromatic nitrogens is 2. The molecule has 0 aliphatic heterocycles. The first-order valence-corrected chi connectivity index (χ1v) is 6.34. The molecule has 0 unspecified atom stereocenters. The number of nitrogens with zero attached hydrogens (tertiary/aromatic N) is 2. The Morgan fingerprint density at radius 2 is 2.00 bits per heavy atom. The van der Waals surface area contributed by atoms with E-state index in [0.717, 1.165) is 5.69 Å². The van der Waals surface area contributed by atoms with Crippen molar-refractivity contribution < 1.29 is 14.0 Å². The Kier molecular flexibility index (Phi) is 4.65. The summed E-state index contributed by atoms with van der Waals surface area (Å²) in [5, 5.41) is 8.98. The highest BCUT2D eigenvalue weighted by molar-refractivity contribution is 5.96. The highest BCUT2D eigenvalue weighted by atomic mass is 19.1. The van der Waals surface area contributed by atoms with E-state index in [1.807, 2.05) is 0 Å². The van der Waals surface area contributed by atoms with Crippen LogP contribution in [0.2, 0.25) is 0 Å². The van der Waals surface area contributed by atoms with Gasteiger partial charge in [-0.1, -0.05) is 12.1 Å². The SMILES string of the molecule is Cn1nccc1CNC(=O)CNC(=O)c1ccccc1F. The third kappa shape index (κ3) is 3.88. The maximum Gasteiger partial charge on any atom is 0.254 e. The number of amides is 2. The normalized spacial score (nSPS) is 10.2. The van der Waals surface area contributed by atoms with Crippen molar-refractivity contribution in [1.82, 2.24) is 20.4 Å². The highest BCUT2D eigenvalue weighted by Gasteiger charge is 2.12. The Labute approximate surface area is 121 Å². The molecule has 21 heavy (non-hydrogen) atoms. The third-order valence-corrected chi connectivity index (χ3v) is 2.92. The van der Waals surface area contributed by atoms with Gasteiger partial charge in [-0.3, -0.25) is 14.3 Å². The average Bonchev–Trinajstić information content (AvgIpc) is 2.88. The lowest BCUT2D eigenvalue weighted by atomic mass is 10.2. The first-order chi connectivity index (χ1) is 10.1. The molecule has 1 aromatic heterocycles. The van der Waals surface area contributed by atoms with Gasteiger partial charge in [0, 0.05) is 13.2 Å². The van der Waals surface area contributed by atoms with E-state index in [1.165, 1.54) is 18.2 Å². The van der Waals surface area contributed by atoms with Crippen LogP contribution in [0.5, 0.6) is 0 Å². The van der Waals surface area contributed by atoms with E-state index in [2.05, 4.69) is 15.7 Å². The summed E-state index contributed by atoms with van der Waals surface area (Å²) in [5.74, 6) is -1.60. The summed E-state index contributed by atoms with van der Waals surface area (Å²) >= 11 is 0. The van der Waals surface area contributed by atoms with Gasteiger partial charge in [0.2, 0.25) is 5.91 Å². The molecule has 0 saturated carbocycles. The lowest BCUT2D eigenvalue weighted by Crippen LogP contribution is -2.37. The van der Waals surface area contributed by atoms with Gasteiger partial charge < -0.3 is 10.6 Å². The first-order valence-electron chi connectivity index (χ1n) is 6.34. The van der Waals surface area contributed by atoms with Gasteiger partial charge in [-0.2, -0.15) is 5.10 Å². The number of carbonyl (C=O) groups is 2. The molecule has 1 heterocycles. The van der Waals surface area contributed by atoms with Gasteiger partial charge in [-0.05, 0) is 18.2 Å². The van der Waals surface area contributed by atoms with Crippen LogP contribution in [0.25, 0.3) is 0 Å². The molecule has 0 radical (unpaired) electrons. The van der Waals surface area contributed by atoms with Crippen molar-refractivity contribution in [2.24, 2.45) is 7.05 Å². The Balaban J connectivity index is 1.80. The number of rotatable bonds is 5. The molecule has 7 heteroatoms. The average molecular weight is 290 g/mol. The standard InChI is InChI=1S/C14H15FN4O2/c1-19-10(6-7-18-19)8-16-13(20)9-17-14(21)11-4-2-3-5-12(11)15/h2-7H,8-9H2,1H3,(H,16,20)(H,17,21). The van der Waals surface area contributed by atoms with Gasteiger partial charge in [-0.25, -0.2) is 4.39 Å². The summed E-state index contributed by atoms with van der Waals surface area (Å²) in [6, 6.07) is 7.38. The summed E-state index contributed by atoms with van der Waals surface area (Å²) in [4.78, 5) is 23.3. The number of halogens is 1. The van der Waals surface area contributed by atoms with Crippen molar-refractivity contribution in [3.05, 3.63) is 53.6 Å². The molecule has 110 valence electrons. The van der Waals surface area contributed by atoms with Crippen LogP contribution in [0.3, 0.4) is 0 Å². The van der Waals surface area contributed by atoms with Gasteiger partial charge >= 0.3 is 0 Å². The van der Waals surface area contributed by atoms with Crippen LogP contribution in [0.15, 0.2) is 36.5 Å². The summed E-state index contributed by atoms with van der Waals surface area (Å²) in [6.07, 6.45) is 1.63. The molecule has 6 nitrogen and oxygen atoms in total. The molecular weight excluding hydrogens is 275 g/mol. The van der Waals surface area contributed by atoms with Gasteiger partial charge in [0.15, 0.2) is 0 Å². The molecule has 0 bridgehead atoms. The van der Waals surface area contributed by atoms with Crippen molar-refractivity contribution in [3.8, 4) is 0 Å². The summed E-state index contributed by atoms with van der Waals surface area (Å²) in [7, 11) is 1.77. The van der Waals surface area contributed by atoms with E-state index in [1.54, 1.807) is 30.1 Å². The van der Waals surface area contributed by atoms with Crippen LogP contribution < -0.4 is 10.6 Å². The molecule has 0 saturated heterocycles. The number of hydrogen-bond donors (Lipinski definition) is 2. The van der Waals surface area contributed by atoms with Gasteiger partial charge in [0.25, 0.3) is 5.91 Å². The van der Waals surface area contributed by atoms with Crippen molar-refractivity contribution in [2.45, 2.75) is 6.54 Å². The van der Waals surface area contributed by atoms with Crippen LogP contribution in [0, 0.1) is 5.82 Å². The van der Waals surface area contributed by atoms with E-state index in [-0.39, 0.29) is 18.0 Å². The van der Waals surface area contributed by atoms with Crippen LogP contribution in [-0.2, 0) is 18.4 Å². The minimum atomic E-state index is -0.621. The van der Waals surface area contributed by atoms with Gasteiger partial charge in [0.1, 0.15) is 5.82 Å². The van der Waals surface area contributed by atoms with E-state index < -0.39 is 11.7 Å². The topological polar surface area (TPSA) is 76.0 Å². The van der Waals surface area contributed by atoms with Crippen LogP contribution >= 0.6 is 0 Å². The molecule has 0 fully saturated rings. The number of aryl methyl sites for hydroxylation is 1. The van der Waals surface area contributed by atoms with Gasteiger partial charge in [0.05, 0.1) is 24.3 Å². The molecule has 2 aromatic rings. The minimum absolute atomic E-state index is 0.0862. The zero-order valence-corrected chi connectivity index (χ0v) is 11.5. The number of carbonyl (C=O) groups excluding carboxylic acids is 2. The van der Waals surface area contributed by atoms with Crippen LogP contribution in [0.1, 0.15) is 16.1 Å². The van der Waals surface area contributed by atoms with E-state index >= 15 is 0 Å². The van der Waals surface area contributed by atoms with Crippen LogP contribution in [-0.4, -0.2) is 28.1 Å². The molecule has 2 rings (SSSR count). The fraction of sp³-hybridized carbons (Fsp3) is 0.214. The fourth-order valence-corrected chi connectivity index (χ4v) is 1.73. The van der Waals surface area contributed by atoms with Crippen molar-refractivity contribution in [3.63, 3.8) is 0 Å². The molecule has 0 aliphatic carbocycles. The number of nitrogens with one attached hydrogen (secondary N) is 2. The lowest BCUT2D eigenvalue weighted by Gasteiger charge is -2.07. The monoisotopic (exact) mass is 290 g/mol.